The number of aryl methyl sites for hydroxylation is 1. The maximum Gasteiger partial charge on any atom is 0.329 e. The number of anilines is 1. The smallest absolute Gasteiger partial charge is 0.329 e. The van der Waals surface area contributed by atoms with Gasteiger partial charge in [-0.1, -0.05) is 42.5 Å². The number of nitrogens with one attached hydrogen (secondary N) is 1. The molecule has 2 aromatic heterocycles. The number of nitrogens with zero attached hydrogens (tertiary/aromatic N) is 4. The zero-order valence-corrected chi connectivity index (χ0v) is 16.1. The first-order valence-corrected chi connectivity index (χ1v) is 9.13. The van der Waals surface area contributed by atoms with Gasteiger partial charge in [-0.2, -0.15) is 4.98 Å². The molecule has 29 heavy (non-hydrogen) atoms. The summed E-state index contributed by atoms with van der Waals surface area (Å²) in [7, 11) is 3.44. The first-order chi connectivity index (χ1) is 13.9. The van der Waals surface area contributed by atoms with Crippen LogP contribution in [0, 0.1) is 5.82 Å². The van der Waals surface area contributed by atoms with Crippen molar-refractivity contribution in [2.24, 2.45) is 7.05 Å². The third kappa shape index (κ3) is 3.56. The maximum absolute atomic E-state index is 13.3. The molecule has 4 rings (SSSR count). The molecule has 8 heteroatoms. The van der Waals surface area contributed by atoms with Crippen molar-refractivity contribution < 1.29 is 4.39 Å². The zero-order valence-electron chi connectivity index (χ0n) is 16.1. The van der Waals surface area contributed by atoms with Gasteiger partial charge in [-0.15, -0.1) is 0 Å². The summed E-state index contributed by atoms with van der Waals surface area (Å²) in [6.45, 7) is 0.881. The Balaban J connectivity index is 1.86. The molecule has 2 heterocycles. The first-order valence-electron chi connectivity index (χ1n) is 9.13. The average Bonchev–Trinajstić information content (AvgIpc) is 3.09. The van der Waals surface area contributed by atoms with E-state index in [4.69, 9.17) is 0 Å². The first kappa shape index (κ1) is 18.7. The highest BCUT2D eigenvalue weighted by molar-refractivity contribution is 5.74. The van der Waals surface area contributed by atoms with Crippen LogP contribution in [0.3, 0.4) is 0 Å². The Kier molecular flexibility index (Phi) is 4.75. The Morgan fingerprint density at radius 1 is 1.03 bits per heavy atom. The van der Waals surface area contributed by atoms with Crippen LogP contribution < -0.4 is 16.1 Å². The lowest BCUT2D eigenvalue weighted by Crippen LogP contribution is -2.29. The molecule has 0 aliphatic rings. The molecular formula is C21H20FN5O2. The molecule has 0 saturated carbocycles. The van der Waals surface area contributed by atoms with E-state index < -0.39 is 11.2 Å². The van der Waals surface area contributed by atoms with E-state index in [2.05, 4.69) is 9.97 Å². The summed E-state index contributed by atoms with van der Waals surface area (Å²) in [5, 5.41) is 0. The molecule has 0 radical (unpaired) electrons. The highest BCUT2D eigenvalue weighted by Gasteiger charge is 2.20. The van der Waals surface area contributed by atoms with Crippen molar-refractivity contribution in [3.8, 4) is 0 Å². The number of imidazole rings is 1. The largest absolute Gasteiger partial charge is 0.341 e. The molecule has 0 unspecified atom stereocenters. The number of fused-ring (bicyclic) bond motifs is 1. The number of benzene rings is 2. The average molecular weight is 393 g/mol. The molecule has 0 aliphatic carbocycles. The Hall–Kier alpha value is -3.68. The van der Waals surface area contributed by atoms with Gasteiger partial charge in [0.15, 0.2) is 11.2 Å². The van der Waals surface area contributed by atoms with Crippen molar-refractivity contribution in [1.82, 2.24) is 19.1 Å². The van der Waals surface area contributed by atoms with E-state index in [-0.39, 0.29) is 5.82 Å². The number of hydrogen-bond acceptors (Lipinski definition) is 4. The van der Waals surface area contributed by atoms with Crippen molar-refractivity contribution in [2.75, 3.05) is 11.9 Å². The van der Waals surface area contributed by atoms with Crippen molar-refractivity contribution in [3.63, 3.8) is 0 Å². The molecule has 0 amide bonds. The molecular weight excluding hydrogens is 373 g/mol. The van der Waals surface area contributed by atoms with Crippen LogP contribution in [0.25, 0.3) is 11.2 Å². The Bertz CT molecular complexity index is 1270. The Labute approximate surface area is 165 Å². The highest BCUT2D eigenvalue weighted by Crippen LogP contribution is 2.22. The standard InChI is InChI=1S/C21H20FN5O2/c1-25(12-14-6-4-3-5-7-14)20-23-18-17(19(28)24-21(29)26(18)2)27(20)13-15-8-10-16(22)11-9-15/h3-11H,12-13H2,1-2H3,(H,24,28,29). The van der Waals surface area contributed by atoms with Crippen molar-refractivity contribution in [1.29, 1.82) is 0 Å². The maximum atomic E-state index is 13.3. The molecule has 2 aromatic carbocycles. The van der Waals surface area contributed by atoms with Gasteiger partial charge in [-0.25, -0.2) is 9.18 Å². The third-order valence-electron chi connectivity index (χ3n) is 4.84. The molecule has 1 N–H and O–H groups in total. The normalized spacial score (nSPS) is 11.1. The number of hydrogen-bond donors (Lipinski definition) is 1. The summed E-state index contributed by atoms with van der Waals surface area (Å²) in [4.78, 5) is 33.5. The van der Waals surface area contributed by atoms with E-state index in [0.717, 1.165) is 11.1 Å². The number of halogens is 1. The minimum Gasteiger partial charge on any atom is -0.341 e. The number of aromatic amines is 1. The fourth-order valence-corrected chi connectivity index (χ4v) is 3.36. The van der Waals surface area contributed by atoms with Crippen LogP contribution in [0.5, 0.6) is 0 Å². The number of aromatic nitrogens is 4. The molecule has 0 atom stereocenters. The van der Waals surface area contributed by atoms with Crippen LogP contribution in [-0.4, -0.2) is 26.1 Å². The quantitative estimate of drug-likeness (QED) is 0.564. The van der Waals surface area contributed by atoms with Gasteiger partial charge in [0.1, 0.15) is 5.82 Å². The summed E-state index contributed by atoms with van der Waals surface area (Å²) in [5.74, 6) is 0.214. The summed E-state index contributed by atoms with van der Waals surface area (Å²) in [5.41, 5.74) is 1.47. The second-order valence-corrected chi connectivity index (χ2v) is 6.96. The van der Waals surface area contributed by atoms with Gasteiger partial charge in [0.2, 0.25) is 5.95 Å². The second-order valence-electron chi connectivity index (χ2n) is 6.96. The van der Waals surface area contributed by atoms with E-state index >= 15 is 0 Å². The molecule has 148 valence electrons. The van der Waals surface area contributed by atoms with Crippen molar-refractivity contribution >= 4 is 17.1 Å². The van der Waals surface area contributed by atoms with Gasteiger partial charge in [0.25, 0.3) is 5.56 Å². The van der Waals surface area contributed by atoms with Gasteiger partial charge in [-0.3, -0.25) is 18.9 Å². The van der Waals surface area contributed by atoms with Crippen LogP contribution in [0.4, 0.5) is 10.3 Å². The topological polar surface area (TPSA) is 75.9 Å². The van der Waals surface area contributed by atoms with Crippen molar-refractivity contribution in [2.45, 2.75) is 13.1 Å². The van der Waals surface area contributed by atoms with Crippen LogP contribution in [0.1, 0.15) is 11.1 Å². The van der Waals surface area contributed by atoms with E-state index in [1.54, 1.807) is 23.7 Å². The number of H-pyrrole nitrogens is 1. The predicted octanol–water partition coefficient (Wildman–Crippen LogP) is 2.25. The lowest BCUT2D eigenvalue weighted by molar-refractivity contribution is 0.626. The minimum atomic E-state index is -0.522. The van der Waals surface area contributed by atoms with E-state index in [1.165, 1.54) is 16.7 Å². The fourth-order valence-electron chi connectivity index (χ4n) is 3.36. The molecule has 0 saturated heterocycles. The molecule has 4 aromatic rings. The highest BCUT2D eigenvalue weighted by atomic mass is 19.1. The van der Waals surface area contributed by atoms with Crippen LogP contribution in [-0.2, 0) is 20.1 Å². The number of rotatable bonds is 5. The summed E-state index contributed by atoms with van der Waals surface area (Å²) in [6, 6.07) is 16.0. The van der Waals surface area contributed by atoms with Crippen LogP contribution in [0.15, 0.2) is 64.2 Å². The van der Waals surface area contributed by atoms with Gasteiger partial charge in [-0.05, 0) is 23.3 Å². The van der Waals surface area contributed by atoms with Gasteiger partial charge in [0.05, 0.1) is 6.54 Å². The monoisotopic (exact) mass is 393 g/mol. The fraction of sp³-hybridized carbons (Fsp3) is 0.190. The summed E-state index contributed by atoms with van der Waals surface area (Å²) >= 11 is 0. The minimum absolute atomic E-state index is 0.298. The Morgan fingerprint density at radius 2 is 1.72 bits per heavy atom. The predicted molar refractivity (Wildman–Crippen MR) is 110 cm³/mol. The van der Waals surface area contributed by atoms with Gasteiger partial charge < -0.3 is 4.90 Å². The molecule has 0 fully saturated rings. The second kappa shape index (κ2) is 7.38. The van der Waals surface area contributed by atoms with Crippen LogP contribution in [0.2, 0.25) is 0 Å². The van der Waals surface area contributed by atoms with Gasteiger partial charge >= 0.3 is 5.69 Å². The SMILES string of the molecule is CN(Cc1ccccc1)c1nc2c(c(=O)[nH]c(=O)n2C)n1Cc1ccc(F)cc1. The lowest BCUT2D eigenvalue weighted by atomic mass is 10.2. The molecule has 0 spiro atoms. The van der Waals surface area contributed by atoms with Crippen LogP contribution >= 0.6 is 0 Å². The summed E-state index contributed by atoms with van der Waals surface area (Å²) < 4.78 is 16.4. The molecule has 0 bridgehead atoms. The van der Waals surface area contributed by atoms with Crippen molar-refractivity contribution in [3.05, 3.63) is 92.4 Å². The summed E-state index contributed by atoms with van der Waals surface area (Å²) in [6.07, 6.45) is 0. The van der Waals surface area contributed by atoms with E-state index in [1.807, 2.05) is 42.3 Å². The van der Waals surface area contributed by atoms with Gasteiger partial charge in [0, 0.05) is 20.6 Å². The third-order valence-corrected chi connectivity index (χ3v) is 4.84. The lowest BCUT2D eigenvalue weighted by Gasteiger charge is -2.20. The molecule has 7 nitrogen and oxygen atoms in total. The Morgan fingerprint density at radius 3 is 2.41 bits per heavy atom. The van der Waals surface area contributed by atoms with E-state index in [0.29, 0.717) is 30.2 Å². The molecule has 0 aliphatic heterocycles. The zero-order chi connectivity index (χ0) is 20.5. The van der Waals surface area contributed by atoms with E-state index in [9.17, 15) is 14.0 Å².